The van der Waals surface area contributed by atoms with Gasteiger partial charge in [-0.15, -0.1) is 11.6 Å². The first-order valence-electron chi connectivity index (χ1n) is 2.99. The number of thioether (sulfide) groups is 1. The molecular weight excluding hydrogens is 140 g/mol. The van der Waals surface area contributed by atoms with Gasteiger partial charge in [0.25, 0.3) is 0 Å². The van der Waals surface area contributed by atoms with Gasteiger partial charge in [0, 0.05) is 15.9 Å². The minimum absolute atomic E-state index is 0.426. The Labute approximate surface area is 60.0 Å². The highest BCUT2D eigenvalue weighted by atomic mass is 35.5. The summed E-state index contributed by atoms with van der Waals surface area (Å²) < 4.78 is 0. The maximum Gasteiger partial charge on any atom is 0.0462 e. The molecule has 0 radical (unpaired) electrons. The van der Waals surface area contributed by atoms with Crippen molar-refractivity contribution in [3.8, 4) is 0 Å². The lowest BCUT2D eigenvalue weighted by Gasteiger charge is -2.01. The lowest BCUT2D eigenvalue weighted by Crippen LogP contribution is -2.04. The van der Waals surface area contributed by atoms with Gasteiger partial charge in [0.15, 0.2) is 0 Å². The molecule has 3 unspecified atom stereocenters. The third-order valence-electron chi connectivity index (χ3n) is 1.51. The van der Waals surface area contributed by atoms with Crippen LogP contribution in [-0.2, 0) is 0 Å². The van der Waals surface area contributed by atoms with Crippen LogP contribution in [0.25, 0.3) is 0 Å². The van der Waals surface area contributed by atoms with Crippen LogP contribution in [0.3, 0.4) is 0 Å². The Balaban J connectivity index is 2.39. The zero-order chi connectivity index (χ0) is 6.15. The Morgan fingerprint density at radius 3 is 2.25 bits per heavy atom. The summed E-state index contributed by atoms with van der Waals surface area (Å²) in [5.74, 6) is 0. The zero-order valence-electron chi connectivity index (χ0n) is 5.23. The van der Waals surface area contributed by atoms with Crippen LogP contribution < -0.4 is 0 Å². The summed E-state index contributed by atoms with van der Waals surface area (Å²) in [4.78, 5) is 0. The second-order valence-corrected chi connectivity index (χ2v) is 4.78. The normalized spacial score (nSPS) is 47.6. The number of hydrogen-bond donors (Lipinski definition) is 0. The van der Waals surface area contributed by atoms with Crippen LogP contribution in [0.1, 0.15) is 20.3 Å². The van der Waals surface area contributed by atoms with Gasteiger partial charge in [-0.1, -0.05) is 13.8 Å². The van der Waals surface area contributed by atoms with Crippen molar-refractivity contribution in [3.05, 3.63) is 0 Å². The van der Waals surface area contributed by atoms with E-state index in [9.17, 15) is 0 Å². The molecule has 0 nitrogen and oxygen atoms in total. The van der Waals surface area contributed by atoms with Crippen molar-refractivity contribution in [2.75, 3.05) is 0 Å². The van der Waals surface area contributed by atoms with Crippen LogP contribution in [-0.4, -0.2) is 15.9 Å². The largest absolute Gasteiger partial charge is 0.154 e. The van der Waals surface area contributed by atoms with Crippen LogP contribution in [0.2, 0.25) is 0 Å². The highest BCUT2D eigenvalue weighted by molar-refractivity contribution is 8.00. The molecule has 48 valence electrons. The van der Waals surface area contributed by atoms with Gasteiger partial charge in [0.2, 0.25) is 0 Å². The molecule has 0 aromatic carbocycles. The molecule has 1 aliphatic rings. The van der Waals surface area contributed by atoms with Gasteiger partial charge < -0.3 is 0 Å². The van der Waals surface area contributed by atoms with Crippen LogP contribution in [0, 0.1) is 0 Å². The molecular formula is C6H11ClS. The number of alkyl halides is 1. The average Bonchev–Trinajstić information content (AvgIpc) is 1.85. The average molecular weight is 151 g/mol. The first-order chi connectivity index (χ1) is 3.70. The van der Waals surface area contributed by atoms with Crippen LogP contribution in [0.15, 0.2) is 0 Å². The second-order valence-electron chi connectivity index (χ2n) is 2.40. The van der Waals surface area contributed by atoms with Crippen LogP contribution in [0.5, 0.6) is 0 Å². The van der Waals surface area contributed by atoms with Gasteiger partial charge in [-0.05, 0) is 6.42 Å². The van der Waals surface area contributed by atoms with Crippen LogP contribution >= 0.6 is 23.4 Å². The fraction of sp³-hybridized carbons (Fsp3) is 1.00. The summed E-state index contributed by atoms with van der Waals surface area (Å²) >= 11 is 7.93. The summed E-state index contributed by atoms with van der Waals surface area (Å²) in [7, 11) is 0. The molecule has 2 heteroatoms. The molecule has 1 rings (SSSR count). The van der Waals surface area contributed by atoms with Crippen LogP contribution in [0.4, 0.5) is 0 Å². The lowest BCUT2D eigenvalue weighted by atomic mass is 10.2. The van der Waals surface area contributed by atoms with Crippen molar-refractivity contribution < 1.29 is 0 Å². The minimum atomic E-state index is 0.426. The number of hydrogen-bond acceptors (Lipinski definition) is 1. The monoisotopic (exact) mass is 150 g/mol. The SMILES string of the molecule is CC1CC(Cl)C(C)S1. The Hall–Kier alpha value is 0.640. The Kier molecular flexibility index (Phi) is 2.10. The molecule has 0 aromatic heterocycles. The predicted molar refractivity (Wildman–Crippen MR) is 40.8 cm³/mol. The molecule has 0 N–H and O–H groups in total. The number of halogens is 1. The highest BCUT2D eigenvalue weighted by Gasteiger charge is 2.26. The molecule has 1 aliphatic heterocycles. The van der Waals surface area contributed by atoms with Crippen molar-refractivity contribution in [2.45, 2.75) is 36.1 Å². The van der Waals surface area contributed by atoms with Gasteiger partial charge in [0.05, 0.1) is 0 Å². The fourth-order valence-electron chi connectivity index (χ4n) is 1.02. The molecule has 0 amide bonds. The zero-order valence-corrected chi connectivity index (χ0v) is 6.80. The highest BCUT2D eigenvalue weighted by Crippen LogP contribution is 2.36. The molecule has 0 aliphatic carbocycles. The third-order valence-corrected chi connectivity index (χ3v) is 3.63. The van der Waals surface area contributed by atoms with E-state index >= 15 is 0 Å². The van der Waals surface area contributed by atoms with E-state index in [4.69, 9.17) is 11.6 Å². The van der Waals surface area contributed by atoms with Crippen molar-refractivity contribution in [3.63, 3.8) is 0 Å². The third kappa shape index (κ3) is 1.32. The van der Waals surface area contributed by atoms with E-state index < -0.39 is 0 Å². The number of rotatable bonds is 0. The molecule has 1 fully saturated rings. The van der Waals surface area contributed by atoms with E-state index in [2.05, 4.69) is 13.8 Å². The standard InChI is InChI=1S/C6H11ClS/c1-4-3-6(7)5(2)8-4/h4-6H,3H2,1-2H3. The smallest absolute Gasteiger partial charge is 0.0462 e. The molecule has 0 saturated carbocycles. The van der Waals surface area contributed by atoms with Crippen molar-refractivity contribution in [2.24, 2.45) is 0 Å². The van der Waals surface area contributed by atoms with E-state index in [0.29, 0.717) is 10.6 Å². The molecule has 0 aromatic rings. The topological polar surface area (TPSA) is 0 Å². The molecule has 0 bridgehead atoms. The summed E-state index contributed by atoms with van der Waals surface area (Å²) in [6.45, 7) is 4.44. The fourth-order valence-corrected chi connectivity index (χ4v) is 2.90. The second kappa shape index (κ2) is 2.49. The van der Waals surface area contributed by atoms with Gasteiger partial charge in [0.1, 0.15) is 0 Å². The Bertz CT molecular complexity index is 74.6. The van der Waals surface area contributed by atoms with Crippen molar-refractivity contribution >= 4 is 23.4 Å². The van der Waals surface area contributed by atoms with E-state index in [1.807, 2.05) is 11.8 Å². The maximum atomic E-state index is 5.94. The summed E-state index contributed by atoms with van der Waals surface area (Å²) in [6, 6.07) is 0. The van der Waals surface area contributed by atoms with Gasteiger partial charge in [-0.2, -0.15) is 11.8 Å². The molecule has 8 heavy (non-hydrogen) atoms. The molecule has 1 heterocycles. The summed E-state index contributed by atoms with van der Waals surface area (Å²) in [5.41, 5.74) is 0. The molecule has 0 spiro atoms. The van der Waals surface area contributed by atoms with E-state index in [0.717, 1.165) is 5.25 Å². The minimum Gasteiger partial charge on any atom is -0.154 e. The predicted octanol–water partition coefficient (Wildman–Crippen LogP) is 2.51. The Morgan fingerprint density at radius 2 is 2.12 bits per heavy atom. The van der Waals surface area contributed by atoms with Gasteiger partial charge in [-0.25, -0.2) is 0 Å². The molecule has 3 atom stereocenters. The lowest BCUT2D eigenvalue weighted by molar-refractivity contribution is 0.786. The van der Waals surface area contributed by atoms with Crippen molar-refractivity contribution in [1.82, 2.24) is 0 Å². The van der Waals surface area contributed by atoms with Gasteiger partial charge in [-0.3, -0.25) is 0 Å². The first-order valence-corrected chi connectivity index (χ1v) is 4.37. The Morgan fingerprint density at radius 1 is 1.50 bits per heavy atom. The van der Waals surface area contributed by atoms with E-state index in [1.54, 1.807) is 0 Å². The maximum absolute atomic E-state index is 5.94. The molecule has 1 saturated heterocycles. The first kappa shape index (κ1) is 6.76. The van der Waals surface area contributed by atoms with E-state index in [1.165, 1.54) is 6.42 Å². The quantitative estimate of drug-likeness (QED) is 0.479. The summed E-state index contributed by atoms with van der Waals surface area (Å²) in [5, 5.41) is 1.88. The van der Waals surface area contributed by atoms with Crippen molar-refractivity contribution in [1.29, 1.82) is 0 Å². The summed E-state index contributed by atoms with van der Waals surface area (Å²) in [6.07, 6.45) is 1.19. The van der Waals surface area contributed by atoms with E-state index in [-0.39, 0.29) is 0 Å². The van der Waals surface area contributed by atoms with Gasteiger partial charge >= 0.3 is 0 Å².